The molecule has 2 aliphatic rings. The molecule has 0 spiro atoms. The van der Waals surface area contributed by atoms with Gasteiger partial charge in [-0.2, -0.15) is 16.9 Å². The lowest BCUT2D eigenvalue weighted by molar-refractivity contribution is -0.119. The molecule has 0 unspecified atom stereocenters. The van der Waals surface area contributed by atoms with E-state index in [9.17, 15) is 19.1 Å². The number of hydrogen-bond donors (Lipinski definition) is 2. The predicted octanol–water partition coefficient (Wildman–Crippen LogP) is 3.04. The molecule has 2 heterocycles. The molecule has 2 aliphatic heterocycles. The van der Waals surface area contributed by atoms with E-state index in [4.69, 9.17) is 4.74 Å². The number of rotatable bonds is 6. The zero-order valence-corrected chi connectivity index (χ0v) is 19.0. The van der Waals surface area contributed by atoms with Crippen molar-refractivity contribution in [1.29, 1.82) is 0 Å². The maximum atomic E-state index is 14.9. The Morgan fingerprint density at radius 2 is 2.09 bits per heavy atom. The van der Waals surface area contributed by atoms with Gasteiger partial charge in [-0.05, 0) is 35.9 Å². The fraction of sp³-hybridized carbons (Fsp3) is 0.348. The molecule has 1 atom stereocenters. The summed E-state index contributed by atoms with van der Waals surface area (Å²) in [4.78, 5) is 24.6. The topological polar surface area (TPSA) is 94.5 Å². The standard InChI is InChI=1S/C23H25FN4O4S/c1-15(29)25-13-19-14-28(23(31)32-19)18-4-5-20(21(24)11-18)16-2-3-17(22(30)10-16)12-26-27-6-8-33-9-7-27/h2-5,10-12,19,30H,6-9,13-14H2,1H3,(H,25,29)/t19-/m0/s1. The predicted molar refractivity (Wildman–Crippen MR) is 126 cm³/mol. The average Bonchev–Trinajstić information content (AvgIpc) is 3.18. The number of ether oxygens (including phenoxy) is 1. The van der Waals surface area contributed by atoms with Gasteiger partial charge in [0.05, 0.1) is 25.0 Å². The summed E-state index contributed by atoms with van der Waals surface area (Å²) in [5, 5.41) is 19.4. The summed E-state index contributed by atoms with van der Waals surface area (Å²) in [5.41, 5.74) is 1.72. The second kappa shape index (κ2) is 10.1. The van der Waals surface area contributed by atoms with E-state index in [-0.39, 0.29) is 24.7 Å². The fourth-order valence-corrected chi connectivity index (χ4v) is 4.52. The van der Waals surface area contributed by atoms with Gasteiger partial charge >= 0.3 is 6.09 Å². The Labute approximate surface area is 195 Å². The highest BCUT2D eigenvalue weighted by Crippen LogP contribution is 2.31. The van der Waals surface area contributed by atoms with Crippen molar-refractivity contribution in [2.24, 2.45) is 5.10 Å². The number of nitrogens with zero attached hydrogens (tertiary/aromatic N) is 3. The van der Waals surface area contributed by atoms with Crippen LogP contribution in [0.2, 0.25) is 0 Å². The Balaban J connectivity index is 1.46. The van der Waals surface area contributed by atoms with E-state index in [2.05, 4.69) is 10.4 Å². The largest absolute Gasteiger partial charge is 0.507 e. The van der Waals surface area contributed by atoms with Gasteiger partial charge in [-0.3, -0.25) is 14.7 Å². The summed E-state index contributed by atoms with van der Waals surface area (Å²) >= 11 is 1.89. The van der Waals surface area contributed by atoms with Crippen LogP contribution in [0.4, 0.5) is 14.9 Å². The molecule has 174 valence electrons. The molecule has 2 amide bonds. The first-order valence-corrected chi connectivity index (χ1v) is 11.8. The number of aromatic hydroxyl groups is 1. The number of cyclic esters (lactones) is 1. The van der Waals surface area contributed by atoms with E-state index in [0.29, 0.717) is 22.4 Å². The third-order valence-corrected chi connectivity index (χ3v) is 6.35. The van der Waals surface area contributed by atoms with E-state index in [0.717, 1.165) is 24.6 Å². The van der Waals surface area contributed by atoms with Crippen LogP contribution in [0.15, 0.2) is 41.5 Å². The van der Waals surface area contributed by atoms with E-state index in [1.54, 1.807) is 30.5 Å². The molecular weight excluding hydrogens is 447 g/mol. The van der Waals surface area contributed by atoms with Crippen molar-refractivity contribution in [2.45, 2.75) is 13.0 Å². The number of hydrogen-bond acceptors (Lipinski definition) is 7. The summed E-state index contributed by atoms with van der Waals surface area (Å²) in [6, 6.07) is 9.37. The first kappa shape index (κ1) is 22.9. The molecule has 0 bridgehead atoms. The van der Waals surface area contributed by atoms with Gasteiger partial charge in [0.15, 0.2) is 0 Å². The van der Waals surface area contributed by atoms with Gasteiger partial charge in [-0.15, -0.1) is 0 Å². The van der Waals surface area contributed by atoms with Crippen LogP contribution in [-0.4, -0.2) is 72.1 Å². The molecule has 0 saturated carbocycles. The summed E-state index contributed by atoms with van der Waals surface area (Å²) in [6.07, 6.45) is 0.523. The normalized spacial score (nSPS) is 18.6. The number of benzene rings is 2. The number of anilines is 1. The Hall–Kier alpha value is -3.27. The summed E-state index contributed by atoms with van der Waals surface area (Å²) in [5.74, 6) is 1.32. The summed E-state index contributed by atoms with van der Waals surface area (Å²) < 4.78 is 20.2. The SMILES string of the molecule is CC(=O)NC[C@H]1CN(c2ccc(-c3ccc(C=NN4CCSCC4)c(O)c3)c(F)c2)C(=O)O1. The van der Waals surface area contributed by atoms with Crippen LogP contribution in [0.25, 0.3) is 11.1 Å². The van der Waals surface area contributed by atoms with E-state index in [1.807, 2.05) is 16.8 Å². The lowest BCUT2D eigenvalue weighted by Gasteiger charge is -2.22. The minimum absolute atomic E-state index is 0.00930. The number of amides is 2. The maximum absolute atomic E-state index is 14.9. The molecule has 2 aromatic rings. The van der Waals surface area contributed by atoms with E-state index < -0.39 is 18.0 Å². The zero-order chi connectivity index (χ0) is 23.4. The molecule has 2 aromatic carbocycles. The van der Waals surface area contributed by atoms with Crippen molar-refractivity contribution >= 4 is 35.7 Å². The van der Waals surface area contributed by atoms with Crippen molar-refractivity contribution < 1.29 is 23.8 Å². The molecule has 8 nitrogen and oxygen atoms in total. The summed E-state index contributed by atoms with van der Waals surface area (Å²) in [6.45, 7) is 3.53. The van der Waals surface area contributed by atoms with Gasteiger partial charge in [-0.1, -0.05) is 6.07 Å². The molecule has 33 heavy (non-hydrogen) atoms. The second-order valence-corrected chi connectivity index (χ2v) is 9.03. The van der Waals surface area contributed by atoms with Crippen molar-refractivity contribution in [1.82, 2.24) is 10.3 Å². The number of hydrazone groups is 1. The highest BCUT2D eigenvalue weighted by Gasteiger charge is 2.32. The number of carbonyl (C=O) groups excluding carboxylic acids is 2. The zero-order valence-electron chi connectivity index (χ0n) is 18.2. The monoisotopic (exact) mass is 472 g/mol. The molecule has 0 aromatic heterocycles. The number of phenols is 1. The summed E-state index contributed by atoms with van der Waals surface area (Å²) in [7, 11) is 0. The number of thioether (sulfide) groups is 1. The lowest BCUT2D eigenvalue weighted by atomic mass is 10.0. The lowest BCUT2D eigenvalue weighted by Crippen LogP contribution is -2.33. The van der Waals surface area contributed by atoms with Gasteiger partial charge in [0, 0.05) is 42.6 Å². The van der Waals surface area contributed by atoms with Crippen LogP contribution in [0.1, 0.15) is 12.5 Å². The Bertz CT molecular complexity index is 1070. The highest BCUT2D eigenvalue weighted by atomic mass is 32.2. The fourth-order valence-electron chi connectivity index (χ4n) is 3.64. The molecule has 0 radical (unpaired) electrons. The first-order chi connectivity index (χ1) is 15.9. The molecule has 10 heteroatoms. The molecule has 2 saturated heterocycles. The van der Waals surface area contributed by atoms with Gasteiger partial charge in [0.2, 0.25) is 5.91 Å². The van der Waals surface area contributed by atoms with E-state index >= 15 is 0 Å². The smallest absolute Gasteiger partial charge is 0.414 e. The minimum Gasteiger partial charge on any atom is -0.507 e. The van der Waals surface area contributed by atoms with E-state index in [1.165, 1.54) is 24.0 Å². The molecule has 2 N–H and O–H groups in total. The van der Waals surface area contributed by atoms with Crippen LogP contribution in [0.3, 0.4) is 0 Å². The van der Waals surface area contributed by atoms with Gasteiger partial charge in [0.25, 0.3) is 0 Å². The van der Waals surface area contributed by atoms with Crippen LogP contribution < -0.4 is 10.2 Å². The minimum atomic E-state index is -0.592. The highest BCUT2D eigenvalue weighted by molar-refractivity contribution is 7.99. The number of halogens is 1. The van der Waals surface area contributed by atoms with Crippen molar-refractivity contribution in [3.05, 3.63) is 47.8 Å². The third kappa shape index (κ3) is 5.57. The van der Waals surface area contributed by atoms with Crippen molar-refractivity contribution in [2.75, 3.05) is 42.6 Å². The molecule has 4 rings (SSSR count). The Morgan fingerprint density at radius 1 is 1.30 bits per heavy atom. The van der Waals surface area contributed by atoms with Crippen LogP contribution >= 0.6 is 11.8 Å². The number of carbonyl (C=O) groups is 2. The quantitative estimate of drug-likeness (QED) is 0.628. The molecule has 0 aliphatic carbocycles. The first-order valence-electron chi connectivity index (χ1n) is 10.6. The van der Waals surface area contributed by atoms with Crippen molar-refractivity contribution in [3.8, 4) is 16.9 Å². The second-order valence-electron chi connectivity index (χ2n) is 7.80. The van der Waals surface area contributed by atoms with Crippen LogP contribution in [0, 0.1) is 5.82 Å². The van der Waals surface area contributed by atoms with Gasteiger partial charge in [-0.25, -0.2) is 9.18 Å². The maximum Gasteiger partial charge on any atom is 0.414 e. The van der Waals surface area contributed by atoms with Crippen molar-refractivity contribution in [3.63, 3.8) is 0 Å². The van der Waals surface area contributed by atoms with Gasteiger partial charge < -0.3 is 15.2 Å². The number of phenolic OH excluding ortho intramolecular Hbond substituents is 1. The third-order valence-electron chi connectivity index (χ3n) is 5.41. The molecular formula is C23H25FN4O4S. The Morgan fingerprint density at radius 3 is 2.79 bits per heavy atom. The number of nitrogens with one attached hydrogen (secondary N) is 1. The Kier molecular flexibility index (Phi) is 7.02. The van der Waals surface area contributed by atoms with Gasteiger partial charge in [0.1, 0.15) is 17.7 Å². The van der Waals surface area contributed by atoms with Crippen LogP contribution in [0.5, 0.6) is 5.75 Å². The van der Waals surface area contributed by atoms with Crippen LogP contribution in [-0.2, 0) is 9.53 Å². The average molecular weight is 473 g/mol. The molecule has 2 fully saturated rings.